The van der Waals surface area contributed by atoms with Gasteiger partial charge in [0.25, 0.3) is 0 Å². The van der Waals surface area contributed by atoms with Crippen LogP contribution in [0.5, 0.6) is 0 Å². The summed E-state index contributed by atoms with van der Waals surface area (Å²) in [6, 6.07) is 7.12. The number of rotatable bonds is 3. The molecule has 0 bridgehead atoms. The van der Waals surface area contributed by atoms with Crippen molar-refractivity contribution < 1.29 is 9.63 Å². The zero-order chi connectivity index (χ0) is 10.6. The zero-order valence-corrected chi connectivity index (χ0v) is 9.67. The van der Waals surface area contributed by atoms with Crippen LogP contribution >= 0.6 is 15.9 Å². The topological polar surface area (TPSA) is 38.3 Å². The third-order valence-electron chi connectivity index (χ3n) is 1.47. The van der Waals surface area contributed by atoms with E-state index in [0.717, 1.165) is 4.47 Å². The maximum atomic E-state index is 11.4. The van der Waals surface area contributed by atoms with Crippen molar-refractivity contribution in [3.05, 3.63) is 34.3 Å². The SMILES string of the molecule is CC(C)NOC(=O)c1ccc(Br)cc1. The van der Waals surface area contributed by atoms with E-state index in [-0.39, 0.29) is 12.0 Å². The highest BCUT2D eigenvalue weighted by Gasteiger charge is 2.06. The maximum absolute atomic E-state index is 11.4. The van der Waals surface area contributed by atoms with Crippen LogP contribution in [0.1, 0.15) is 24.2 Å². The third kappa shape index (κ3) is 3.47. The molecular weight excluding hydrogens is 246 g/mol. The van der Waals surface area contributed by atoms with Gasteiger partial charge in [-0.2, -0.15) is 5.48 Å². The van der Waals surface area contributed by atoms with Gasteiger partial charge in [-0.15, -0.1) is 0 Å². The molecule has 14 heavy (non-hydrogen) atoms. The molecule has 1 aromatic rings. The molecule has 0 atom stereocenters. The molecule has 1 N–H and O–H groups in total. The normalized spacial score (nSPS) is 10.3. The third-order valence-corrected chi connectivity index (χ3v) is 2.00. The summed E-state index contributed by atoms with van der Waals surface area (Å²) in [4.78, 5) is 16.2. The largest absolute Gasteiger partial charge is 0.366 e. The van der Waals surface area contributed by atoms with Gasteiger partial charge in [0.2, 0.25) is 0 Å². The summed E-state index contributed by atoms with van der Waals surface area (Å²) < 4.78 is 0.936. The molecule has 1 rings (SSSR count). The molecule has 0 aliphatic carbocycles. The summed E-state index contributed by atoms with van der Waals surface area (Å²) in [7, 11) is 0. The number of halogens is 1. The van der Waals surface area contributed by atoms with E-state index in [1.165, 1.54) is 0 Å². The van der Waals surface area contributed by atoms with Crippen molar-refractivity contribution in [2.45, 2.75) is 19.9 Å². The van der Waals surface area contributed by atoms with E-state index in [1.54, 1.807) is 24.3 Å². The maximum Gasteiger partial charge on any atom is 0.356 e. The quantitative estimate of drug-likeness (QED) is 0.846. The van der Waals surface area contributed by atoms with Gasteiger partial charge in [-0.3, -0.25) is 0 Å². The Hall–Kier alpha value is -0.870. The number of hydrogen-bond donors (Lipinski definition) is 1. The van der Waals surface area contributed by atoms with Crippen LogP contribution in [-0.2, 0) is 4.84 Å². The monoisotopic (exact) mass is 257 g/mol. The fourth-order valence-corrected chi connectivity index (χ4v) is 1.08. The minimum Gasteiger partial charge on any atom is -0.366 e. The van der Waals surface area contributed by atoms with Crippen LogP contribution in [0.4, 0.5) is 0 Å². The summed E-state index contributed by atoms with van der Waals surface area (Å²) in [6.45, 7) is 3.80. The van der Waals surface area contributed by atoms with Gasteiger partial charge >= 0.3 is 5.97 Å². The van der Waals surface area contributed by atoms with E-state index in [0.29, 0.717) is 5.56 Å². The summed E-state index contributed by atoms with van der Waals surface area (Å²) >= 11 is 3.29. The number of carbonyl (C=O) groups is 1. The zero-order valence-electron chi connectivity index (χ0n) is 8.08. The highest BCUT2D eigenvalue weighted by molar-refractivity contribution is 9.10. The van der Waals surface area contributed by atoms with Gasteiger partial charge in [-0.1, -0.05) is 15.9 Å². The summed E-state index contributed by atoms with van der Waals surface area (Å²) in [5, 5.41) is 0. The van der Waals surface area contributed by atoms with Crippen molar-refractivity contribution in [2.24, 2.45) is 0 Å². The predicted octanol–water partition coefficient (Wildman–Crippen LogP) is 2.52. The van der Waals surface area contributed by atoms with Crippen molar-refractivity contribution in [1.29, 1.82) is 0 Å². The molecule has 0 saturated heterocycles. The molecule has 0 aliphatic rings. The highest BCUT2D eigenvalue weighted by atomic mass is 79.9. The summed E-state index contributed by atoms with van der Waals surface area (Å²) in [5.74, 6) is -0.369. The van der Waals surface area contributed by atoms with Gasteiger partial charge < -0.3 is 4.84 Å². The first-order valence-electron chi connectivity index (χ1n) is 4.32. The van der Waals surface area contributed by atoms with E-state index < -0.39 is 0 Å². The number of benzene rings is 1. The Balaban J connectivity index is 2.57. The van der Waals surface area contributed by atoms with Crippen LogP contribution in [-0.4, -0.2) is 12.0 Å². The van der Waals surface area contributed by atoms with Crippen molar-refractivity contribution in [3.8, 4) is 0 Å². The van der Waals surface area contributed by atoms with Crippen LogP contribution in [0, 0.1) is 0 Å². The molecule has 0 heterocycles. The first kappa shape index (κ1) is 11.2. The van der Waals surface area contributed by atoms with Crippen LogP contribution in [0.15, 0.2) is 28.7 Å². The molecule has 76 valence electrons. The fourth-order valence-electron chi connectivity index (χ4n) is 0.816. The molecule has 0 saturated carbocycles. The molecule has 0 aliphatic heterocycles. The van der Waals surface area contributed by atoms with Gasteiger partial charge in [0.15, 0.2) is 0 Å². The van der Waals surface area contributed by atoms with Gasteiger partial charge in [0.1, 0.15) is 0 Å². The van der Waals surface area contributed by atoms with Gasteiger partial charge in [0.05, 0.1) is 5.56 Å². The molecular formula is C10H12BrNO2. The van der Waals surface area contributed by atoms with Crippen molar-refractivity contribution in [1.82, 2.24) is 5.48 Å². The van der Waals surface area contributed by atoms with Crippen LogP contribution in [0.2, 0.25) is 0 Å². The number of hydroxylamine groups is 1. The lowest BCUT2D eigenvalue weighted by Crippen LogP contribution is -2.26. The van der Waals surface area contributed by atoms with E-state index >= 15 is 0 Å². The fraction of sp³-hybridized carbons (Fsp3) is 0.300. The molecule has 0 unspecified atom stereocenters. The second-order valence-corrected chi connectivity index (χ2v) is 4.08. The Morgan fingerprint density at radius 2 is 1.93 bits per heavy atom. The molecule has 0 amide bonds. The van der Waals surface area contributed by atoms with E-state index in [9.17, 15) is 4.79 Å². The Bertz CT molecular complexity index is 308. The lowest BCUT2D eigenvalue weighted by atomic mass is 10.2. The van der Waals surface area contributed by atoms with Crippen LogP contribution in [0.3, 0.4) is 0 Å². The first-order valence-corrected chi connectivity index (χ1v) is 5.11. The lowest BCUT2D eigenvalue weighted by Gasteiger charge is -2.07. The first-order chi connectivity index (χ1) is 6.59. The van der Waals surface area contributed by atoms with Crippen molar-refractivity contribution in [2.75, 3.05) is 0 Å². The second-order valence-electron chi connectivity index (χ2n) is 3.17. The minimum absolute atomic E-state index is 0.120. The Morgan fingerprint density at radius 1 is 1.36 bits per heavy atom. The average molecular weight is 258 g/mol. The van der Waals surface area contributed by atoms with E-state index in [2.05, 4.69) is 21.4 Å². The average Bonchev–Trinajstić information content (AvgIpc) is 2.15. The number of carbonyl (C=O) groups excluding carboxylic acids is 1. The minimum atomic E-state index is -0.369. The van der Waals surface area contributed by atoms with Gasteiger partial charge in [0, 0.05) is 10.5 Å². The van der Waals surface area contributed by atoms with Crippen molar-refractivity contribution in [3.63, 3.8) is 0 Å². The van der Waals surface area contributed by atoms with Crippen LogP contribution in [0.25, 0.3) is 0 Å². The Morgan fingerprint density at radius 3 is 2.43 bits per heavy atom. The highest BCUT2D eigenvalue weighted by Crippen LogP contribution is 2.10. The lowest BCUT2D eigenvalue weighted by molar-refractivity contribution is 0.0188. The second kappa shape index (κ2) is 5.12. The van der Waals surface area contributed by atoms with Gasteiger partial charge in [-0.05, 0) is 38.1 Å². The molecule has 3 nitrogen and oxygen atoms in total. The van der Waals surface area contributed by atoms with E-state index in [1.807, 2.05) is 13.8 Å². The molecule has 4 heteroatoms. The number of hydrogen-bond acceptors (Lipinski definition) is 3. The van der Waals surface area contributed by atoms with E-state index in [4.69, 9.17) is 4.84 Å². The summed E-state index contributed by atoms with van der Waals surface area (Å²) in [5.41, 5.74) is 3.13. The smallest absolute Gasteiger partial charge is 0.356 e. The Kier molecular flexibility index (Phi) is 4.10. The van der Waals surface area contributed by atoms with Gasteiger partial charge in [-0.25, -0.2) is 4.79 Å². The summed E-state index contributed by atoms with van der Waals surface area (Å²) in [6.07, 6.45) is 0. The van der Waals surface area contributed by atoms with Crippen molar-refractivity contribution >= 4 is 21.9 Å². The van der Waals surface area contributed by atoms with Crippen LogP contribution < -0.4 is 5.48 Å². The molecule has 1 aromatic carbocycles. The number of nitrogens with one attached hydrogen (secondary N) is 1. The molecule has 0 aromatic heterocycles. The molecule has 0 radical (unpaired) electrons. The Labute approximate surface area is 91.5 Å². The molecule has 0 fully saturated rings. The molecule has 0 spiro atoms. The predicted molar refractivity (Wildman–Crippen MR) is 57.8 cm³/mol. The standard InChI is InChI=1S/C10H12BrNO2/c1-7(2)12-14-10(13)8-3-5-9(11)6-4-8/h3-7,12H,1-2H3.